The highest BCUT2D eigenvalue weighted by Gasteiger charge is 2.21. The van der Waals surface area contributed by atoms with Crippen molar-refractivity contribution in [1.29, 1.82) is 0 Å². The molecule has 6 nitrogen and oxygen atoms in total. The van der Waals surface area contributed by atoms with E-state index in [0.29, 0.717) is 6.54 Å². The number of carboxylic acid groups (broad SMARTS) is 1. The minimum absolute atomic E-state index is 0.128. The number of nitrogens with zero attached hydrogens (tertiary/aromatic N) is 1. The Kier molecular flexibility index (Phi) is 5.95. The molecule has 0 saturated heterocycles. The number of rotatable bonds is 5. The monoisotopic (exact) mass is 246 g/mol. The third-order valence-corrected chi connectivity index (χ3v) is 1.73. The van der Waals surface area contributed by atoms with Crippen LogP contribution in [0.5, 0.6) is 0 Å². The number of aliphatic carboxylic acids is 1. The largest absolute Gasteiger partial charge is 0.481 e. The van der Waals surface area contributed by atoms with Gasteiger partial charge < -0.3 is 20.1 Å². The van der Waals surface area contributed by atoms with Crippen LogP contribution in [-0.2, 0) is 9.53 Å². The van der Waals surface area contributed by atoms with Crippen molar-refractivity contribution in [3.63, 3.8) is 0 Å². The third kappa shape index (κ3) is 9.62. The van der Waals surface area contributed by atoms with Crippen LogP contribution in [-0.4, -0.2) is 54.4 Å². The average Bonchev–Trinajstić information content (AvgIpc) is 1.95. The summed E-state index contributed by atoms with van der Waals surface area (Å²) in [5.74, 6) is -0.951. The van der Waals surface area contributed by atoms with E-state index < -0.39 is 23.7 Å². The van der Waals surface area contributed by atoms with Crippen LogP contribution in [0, 0.1) is 0 Å². The molecule has 0 rings (SSSR count). The molecule has 0 fully saturated rings. The number of ether oxygens (including phenoxy) is 1. The first-order chi connectivity index (χ1) is 7.60. The highest BCUT2D eigenvalue weighted by Crippen LogP contribution is 2.07. The number of carbonyl (C=O) groups is 2. The van der Waals surface area contributed by atoms with Gasteiger partial charge in [-0.3, -0.25) is 4.79 Å². The van der Waals surface area contributed by atoms with Crippen LogP contribution in [0.1, 0.15) is 27.2 Å². The Morgan fingerprint density at radius 3 is 2.24 bits per heavy atom. The summed E-state index contributed by atoms with van der Waals surface area (Å²) in [6.45, 7) is 5.71. The maximum atomic E-state index is 11.5. The summed E-state index contributed by atoms with van der Waals surface area (Å²) in [5, 5.41) is 11.3. The van der Waals surface area contributed by atoms with Crippen molar-refractivity contribution in [2.75, 3.05) is 20.6 Å². The normalized spacial score (nSPS) is 13.3. The standard InChI is InChI=1S/C11H22N2O4/c1-11(2,3)17-10(16)12-8(6-9(14)15)7-13(4)5/h8H,6-7H2,1-5H3,(H,12,16)(H,14,15). The molecule has 0 saturated carbocycles. The van der Waals surface area contributed by atoms with Gasteiger partial charge in [-0.2, -0.15) is 0 Å². The summed E-state index contributed by atoms with van der Waals surface area (Å²) in [4.78, 5) is 23.9. The number of hydrogen-bond donors (Lipinski definition) is 2. The highest BCUT2D eigenvalue weighted by atomic mass is 16.6. The van der Waals surface area contributed by atoms with Gasteiger partial charge in [-0.1, -0.05) is 0 Å². The number of amides is 1. The SMILES string of the molecule is CN(C)CC(CC(=O)O)NC(=O)OC(C)(C)C. The molecule has 0 aliphatic rings. The van der Waals surface area contributed by atoms with Gasteiger partial charge in [0.15, 0.2) is 0 Å². The zero-order chi connectivity index (χ0) is 13.6. The van der Waals surface area contributed by atoms with Crippen LogP contribution in [0.2, 0.25) is 0 Å². The zero-order valence-electron chi connectivity index (χ0n) is 11.1. The lowest BCUT2D eigenvalue weighted by Crippen LogP contribution is -2.45. The van der Waals surface area contributed by atoms with Gasteiger partial charge in [0, 0.05) is 6.54 Å². The van der Waals surface area contributed by atoms with Crippen molar-refractivity contribution in [2.24, 2.45) is 0 Å². The lowest BCUT2D eigenvalue weighted by Gasteiger charge is -2.24. The molecule has 1 atom stereocenters. The molecule has 0 radical (unpaired) electrons. The van der Waals surface area contributed by atoms with E-state index in [1.54, 1.807) is 20.8 Å². The molecule has 17 heavy (non-hydrogen) atoms. The zero-order valence-corrected chi connectivity index (χ0v) is 11.1. The third-order valence-electron chi connectivity index (χ3n) is 1.73. The van der Waals surface area contributed by atoms with Gasteiger partial charge >= 0.3 is 12.1 Å². The molecule has 1 unspecified atom stereocenters. The van der Waals surface area contributed by atoms with Gasteiger partial charge in [-0.15, -0.1) is 0 Å². The Labute approximate surface area is 102 Å². The van der Waals surface area contributed by atoms with Gasteiger partial charge in [-0.05, 0) is 34.9 Å². The van der Waals surface area contributed by atoms with Crippen LogP contribution in [0.15, 0.2) is 0 Å². The van der Waals surface area contributed by atoms with Crippen molar-refractivity contribution in [2.45, 2.75) is 38.8 Å². The first kappa shape index (κ1) is 15.7. The number of nitrogens with one attached hydrogen (secondary N) is 1. The molecule has 0 aromatic heterocycles. The van der Waals surface area contributed by atoms with Crippen LogP contribution >= 0.6 is 0 Å². The fourth-order valence-electron chi connectivity index (χ4n) is 1.29. The molecule has 1 amide bonds. The van der Waals surface area contributed by atoms with E-state index >= 15 is 0 Å². The molecular formula is C11H22N2O4. The summed E-state index contributed by atoms with van der Waals surface area (Å²) in [5.41, 5.74) is -0.587. The molecule has 0 aromatic carbocycles. The number of likely N-dealkylation sites (N-methyl/N-ethyl adjacent to an activating group) is 1. The minimum Gasteiger partial charge on any atom is -0.481 e. The van der Waals surface area contributed by atoms with E-state index in [9.17, 15) is 9.59 Å². The fourth-order valence-corrected chi connectivity index (χ4v) is 1.29. The van der Waals surface area contributed by atoms with E-state index in [2.05, 4.69) is 5.32 Å². The molecular weight excluding hydrogens is 224 g/mol. The quantitative estimate of drug-likeness (QED) is 0.754. The summed E-state index contributed by atoms with van der Waals surface area (Å²) in [6.07, 6.45) is -0.720. The van der Waals surface area contributed by atoms with Crippen LogP contribution in [0.3, 0.4) is 0 Å². The fraction of sp³-hybridized carbons (Fsp3) is 0.818. The molecule has 100 valence electrons. The lowest BCUT2D eigenvalue weighted by molar-refractivity contribution is -0.137. The molecule has 0 aliphatic carbocycles. The Bertz CT molecular complexity index is 271. The van der Waals surface area contributed by atoms with Crippen molar-refractivity contribution in [1.82, 2.24) is 10.2 Å². The van der Waals surface area contributed by atoms with E-state index in [0.717, 1.165) is 0 Å². The first-order valence-corrected chi connectivity index (χ1v) is 5.46. The van der Waals surface area contributed by atoms with E-state index in [-0.39, 0.29) is 6.42 Å². The van der Waals surface area contributed by atoms with E-state index in [4.69, 9.17) is 9.84 Å². The van der Waals surface area contributed by atoms with Crippen molar-refractivity contribution in [3.05, 3.63) is 0 Å². The van der Waals surface area contributed by atoms with Gasteiger partial charge in [0.1, 0.15) is 5.60 Å². The second-order valence-electron chi connectivity index (χ2n) is 5.20. The topological polar surface area (TPSA) is 78.9 Å². The van der Waals surface area contributed by atoms with Crippen LogP contribution in [0.4, 0.5) is 4.79 Å². The maximum Gasteiger partial charge on any atom is 0.407 e. The van der Waals surface area contributed by atoms with Crippen molar-refractivity contribution < 1.29 is 19.4 Å². The Hall–Kier alpha value is -1.30. The van der Waals surface area contributed by atoms with Crippen molar-refractivity contribution in [3.8, 4) is 0 Å². The average molecular weight is 246 g/mol. The molecule has 6 heteroatoms. The molecule has 0 bridgehead atoms. The lowest BCUT2D eigenvalue weighted by atomic mass is 10.2. The predicted octanol–water partition coefficient (Wildman–Crippen LogP) is 0.916. The number of carbonyl (C=O) groups excluding carboxylic acids is 1. The van der Waals surface area contributed by atoms with Gasteiger partial charge in [0.05, 0.1) is 12.5 Å². The number of hydrogen-bond acceptors (Lipinski definition) is 4. The van der Waals surface area contributed by atoms with Gasteiger partial charge in [0.2, 0.25) is 0 Å². The first-order valence-electron chi connectivity index (χ1n) is 5.46. The summed E-state index contributed by atoms with van der Waals surface area (Å²) >= 11 is 0. The summed E-state index contributed by atoms with van der Waals surface area (Å²) < 4.78 is 5.07. The predicted molar refractivity (Wildman–Crippen MR) is 64.0 cm³/mol. The van der Waals surface area contributed by atoms with Crippen molar-refractivity contribution >= 4 is 12.1 Å². The summed E-state index contributed by atoms with van der Waals surface area (Å²) in [6, 6.07) is -0.461. The smallest absolute Gasteiger partial charge is 0.407 e. The van der Waals surface area contributed by atoms with Gasteiger partial charge in [0.25, 0.3) is 0 Å². The number of alkyl carbamates (subject to hydrolysis) is 1. The highest BCUT2D eigenvalue weighted by molar-refractivity contribution is 5.71. The Morgan fingerprint density at radius 1 is 1.35 bits per heavy atom. The Balaban J connectivity index is 4.32. The van der Waals surface area contributed by atoms with Crippen LogP contribution in [0.25, 0.3) is 0 Å². The summed E-state index contributed by atoms with van der Waals surface area (Å²) in [7, 11) is 3.62. The molecule has 0 heterocycles. The molecule has 0 aliphatic heterocycles. The molecule has 2 N–H and O–H groups in total. The van der Waals surface area contributed by atoms with Gasteiger partial charge in [-0.25, -0.2) is 4.79 Å². The Morgan fingerprint density at radius 2 is 1.88 bits per heavy atom. The number of carboxylic acids is 1. The second-order valence-corrected chi connectivity index (χ2v) is 5.20. The second kappa shape index (κ2) is 6.44. The van der Waals surface area contributed by atoms with E-state index in [1.165, 1.54) is 0 Å². The molecule has 0 spiro atoms. The van der Waals surface area contributed by atoms with Crippen LogP contribution < -0.4 is 5.32 Å². The molecule has 0 aromatic rings. The minimum atomic E-state index is -0.951. The van der Waals surface area contributed by atoms with E-state index in [1.807, 2.05) is 19.0 Å². The maximum absolute atomic E-state index is 11.5.